The van der Waals surface area contributed by atoms with Crippen LogP contribution in [-0.2, 0) is 38.8 Å². The SMILES string of the molecule is CN(Cc1ccccc1)CC1CC(c2ccc(CO)cc2)OC(c2cccc(-c3cccc(CNC(=O)CCC(=O)O)c3)c2)O1. The summed E-state index contributed by atoms with van der Waals surface area (Å²) < 4.78 is 13.2. The minimum absolute atomic E-state index is 0.00443. The second kappa shape index (κ2) is 15.6. The molecular weight excluding hydrogens is 568 g/mol. The normalized spacial score (nSPS) is 18.1. The molecule has 0 saturated carbocycles. The summed E-state index contributed by atoms with van der Waals surface area (Å²) in [6, 6.07) is 34.3. The molecular formula is C37H40N2O6. The van der Waals surface area contributed by atoms with E-state index < -0.39 is 12.3 Å². The molecule has 1 aliphatic rings. The van der Waals surface area contributed by atoms with Gasteiger partial charge in [0.05, 0.1) is 25.2 Å². The van der Waals surface area contributed by atoms with E-state index in [9.17, 15) is 14.7 Å². The molecule has 5 rings (SSSR count). The highest BCUT2D eigenvalue weighted by atomic mass is 16.7. The van der Waals surface area contributed by atoms with Crippen molar-refractivity contribution >= 4 is 11.9 Å². The number of nitrogens with one attached hydrogen (secondary N) is 1. The summed E-state index contributed by atoms with van der Waals surface area (Å²) in [6.07, 6.45) is -0.362. The Bertz CT molecular complexity index is 1560. The molecule has 8 heteroatoms. The number of carbonyl (C=O) groups is 2. The van der Waals surface area contributed by atoms with Crippen molar-refractivity contribution < 1.29 is 29.3 Å². The van der Waals surface area contributed by atoms with E-state index in [0.29, 0.717) is 13.0 Å². The maximum Gasteiger partial charge on any atom is 0.303 e. The summed E-state index contributed by atoms with van der Waals surface area (Å²) in [4.78, 5) is 25.1. The molecule has 0 aromatic heterocycles. The van der Waals surface area contributed by atoms with Crippen LogP contribution < -0.4 is 5.32 Å². The van der Waals surface area contributed by atoms with Crippen LogP contribution in [0.3, 0.4) is 0 Å². The van der Waals surface area contributed by atoms with Gasteiger partial charge in [0.15, 0.2) is 6.29 Å². The number of carboxylic acids is 1. The van der Waals surface area contributed by atoms with Gasteiger partial charge in [-0.3, -0.25) is 14.5 Å². The van der Waals surface area contributed by atoms with Crippen molar-refractivity contribution in [1.82, 2.24) is 10.2 Å². The first-order valence-corrected chi connectivity index (χ1v) is 15.3. The number of carboxylic acid groups (broad SMARTS) is 1. The van der Waals surface area contributed by atoms with Gasteiger partial charge in [0, 0.05) is 38.0 Å². The third kappa shape index (κ3) is 9.33. The predicted octanol–water partition coefficient (Wildman–Crippen LogP) is 6.00. The van der Waals surface area contributed by atoms with Gasteiger partial charge in [0.1, 0.15) is 0 Å². The van der Waals surface area contributed by atoms with E-state index in [2.05, 4.69) is 47.6 Å². The van der Waals surface area contributed by atoms with Gasteiger partial charge < -0.3 is 25.0 Å². The average molecular weight is 609 g/mol. The predicted molar refractivity (Wildman–Crippen MR) is 172 cm³/mol. The maximum atomic E-state index is 12.0. The van der Waals surface area contributed by atoms with Crippen molar-refractivity contribution in [3.05, 3.63) is 131 Å². The van der Waals surface area contributed by atoms with E-state index in [1.165, 1.54) is 5.56 Å². The number of aliphatic carboxylic acids is 1. The van der Waals surface area contributed by atoms with Crippen molar-refractivity contribution in [3.63, 3.8) is 0 Å². The summed E-state index contributed by atoms with van der Waals surface area (Å²) in [6.45, 7) is 1.86. The molecule has 0 bridgehead atoms. The zero-order valence-corrected chi connectivity index (χ0v) is 25.5. The topological polar surface area (TPSA) is 108 Å². The van der Waals surface area contributed by atoms with E-state index >= 15 is 0 Å². The monoisotopic (exact) mass is 608 g/mol. The van der Waals surface area contributed by atoms with Crippen LogP contribution in [0.25, 0.3) is 11.1 Å². The summed E-state index contributed by atoms with van der Waals surface area (Å²) >= 11 is 0. The molecule has 3 atom stereocenters. The lowest BCUT2D eigenvalue weighted by molar-refractivity contribution is -0.252. The number of ether oxygens (including phenoxy) is 2. The van der Waals surface area contributed by atoms with Gasteiger partial charge in [-0.15, -0.1) is 0 Å². The fourth-order valence-corrected chi connectivity index (χ4v) is 5.58. The summed E-state index contributed by atoms with van der Waals surface area (Å²) in [5.74, 6) is -1.28. The molecule has 1 amide bonds. The Morgan fingerprint density at radius 3 is 2.24 bits per heavy atom. The zero-order chi connectivity index (χ0) is 31.6. The number of amides is 1. The number of benzene rings is 4. The largest absolute Gasteiger partial charge is 0.481 e. The molecule has 3 unspecified atom stereocenters. The molecule has 1 saturated heterocycles. The second-order valence-corrected chi connectivity index (χ2v) is 11.5. The molecule has 8 nitrogen and oxygen atoms in total. The first-order valence-electron chi connectivity index (χ1n) is 15.3. The van der Waals surface area contributed by atoms with Crippen LogP contribution in [0, 0.1) is 0 Å². The third-order valence-corrected chi connectivity index (χ3v) is 7.90. The van der Waals surface area contributed by atoms with Gasteiger partial charge in [-0.05, 0) is 52.6 Å². The quantitative estimate of drug-likeness (QED) is 0.171. The van der Waals surface area contributed by atoms with Crippen LogP contribution in [0.5, 0.6) is 0 Å². The first-order chi connectivity index (χ1) is 21.9. The number of rotatable bonds is 13. The van der Waals surface area contributed by atoms with Crippen LogP contribution in [0.1, 0.15) is 59.5 Å². The number of nitrogens with zero attached hydrogens (tertiary/aromatic N) is 1. The van der Waals surface area contributed by atoms with Gasteiger partial charge in [0.2, 0.25) is 5.91 Å². The minimum Gasteiger partial charge on any atom is -0.481 e. The summed E-state index contributed by atoms with van der Waals surface area (Å²) in [7, 11) is 2.11. The molecule has 1 heterocycles. The molecule has 1 fully saturated rings. The van der Waals surface area contributed by atoms with E-state index in [0.717, 1.165) is 46.5 Å². The zero-order valence-electron chi connectivity index (χ0n) is 25.5. The number of aliphatic hydroxyl groups excluding tert-OH is 1. The van der Waals surface area contributed by atoms with Crippen molar-refractivity contribution in [2.75, 3.05) is 13.6 Å². The Hall–Kier alpha value is -4.34. The number of aliphatic hydroxyl groups is 1. The number of hydrogen-bond acceptors (Lipinski definition) is 6. The summed E-state index contributed by atoms with van der Waals surface area (Å²) in [5.41, 5.74) is 6.95. The third-order valence-electron chi connectivity index (χ3n) is 7.90. The van der Waals surface area contributed by atoms with Crippen molar-refractivity contribution in [1.29, 1.82) is 0 Å². The highest BCUT2D eigenvalue weighted by Gasteiger charge is 2.33. The maximum absolute atomic E-state index is 12.0. The molecule has 0 radical (unpaired) electrons. The van der Waals surface area contributed by atoms with Crippen LogP contribution >= 0.6 is 0 Å². The second-order valence-electron chi connectivity index (χ2n) is 11.5. The van der Waals surface area contributed by atoms with E-state index in [1.807, 2.05) is 72.8 Å². The highest BCUT2D eigenvalue weighted by molar-refractivity contribution is 5.80. The number of likely N-dealkylation sites (N-methyl/N-ethyl adjacent to an activating group) is 1. The Morgan fingerprint density at radius 2 is 1.51 bits per heavy atom. The minimum atomic E-state index is -0.991. The average Bonchev–Trinajstić information content (AvgIpc) is 3.07. The Labute approximate surface area is 264 Å². The van der Waals surface area contributed by atoms with E-state index in [4.69, 9.17) is 14.6 Å². The highest BCUT2D eigenvalue weighted by Crippen LogP contribution is 2.39. The van der Waals surface area contributed by atoms with Crippen molar-refractivity contribution in [2.24, 2.45) is 0 Å². The van der Waals surface area contributed by atoms with Crippen LogP contribution in [0.15, 0.2) is 103 Å². The molecule has 234 valence electrons. The lowest BCUT2D eigenvalue weighted by Gasteiger charge is -2.38. The Morgan fingerprint density at radius 1 is 0.800 bits per heavy atom. The number of hydrogen-bond donors (Lipinski definition) is 3. The van der Waals surface area contributed by atoms with E-state index in [1.54, 1.807) is 0 Å². The van der Waals surface area contributed by atoms with Crippen LogP contribution in [0.4, 0.5) is 0 Å². The Kier molecular flexibility index (Phi) is 11.1. The molecule has 4 aromatic rings. The summed E-state index contributed by atoms with van der Waals surface area (Å²) in [5, 5.41) is 21.1. The fourth-order valence-electron chi connectivity index (χ4n) is 5.58. The lowest BCUT2D eigenvalue weighted by Crippen LogP contribution is -2.37. The fraction of sp³-hybridized carbons (Fsp3) is 0.297. The Balaban J connectivity index is 1.32. The smallest absolute Gasteiger partial charge is 0.303 e. The van der Waals surface area contributed by atoms with Crippen LogP contribution in [-0.4, -0.2) is 46.7 Å². The van der Waals surface area contributed by atoms with Crippen LogP contribution in [0.2, 0.25) is 0 Å². The molecule has 0 spiro atoms. The molecule has 45 heavy (non-hydrogen) atoms. The van der Waals surface area contributed by atoms with Gasteiger partial charge in [-0.25, -0.2) is 0 Å². The molecule has 0 aliphatic carbocycles. The standard InChI is InChI=1S/C37H40N2O6/c1-39(23-26-7-3-2-4-8-26)24-33-21-34(29-15-13-27(25-40)14-16-29)45-37(44-33)32-12-6-11-31(20-32)30-10-5-9-28(19-30)22-38-35(41)17-18-36(42)43/h2-16,19-20,33-34,37,40H,17-18,21-25H2,1H3,(H,38,41)(H,42,43). The van der Waals surface area contributed by atoms with Gasteiger partial charge >= 0.3 is 5.97 Å². The van der Waals surface area contributed by atoms with Gasteiger partial charge in [0.25, 0.3) is 0 Å². The first kappa shape index (κ1) is 32.1. The molecule has 3 N–H and O–H groups in total. The number of carbonyl (C=O) groups excluding carboxylic acids is 1. The molecule has 4 aromatic carbocycles. The van der Waals surface area contributed by atoms with Gasteiger partial charge in [-0.2, -0.15) is 0 Å². The van der Waals surface area contributed by atoms with Gasteiger partial charge in [-0.1, -0.05) is 91.0 Å². The van der Waals surface area contributed by atoms with Crippen molar-refractivity contribution in [3.8, 4) is 11.1 Å². The van der Waals surface area contributed by atoms with Crippen molar-refractivity contribution in [2.45, 2.75) is 57.5 Å². The van der Waals surface area contributed by atoms with E-state index in [-0.39, 0.29) is 37.6 Å². The molecule has 1 aliphatic heterocycles. The lowest BCUT2D eigenvalue weighted by atomic mass is 9.98.